The third-order valence-electron chi connectivity index (χ3n) is 2.37. The van der Waals surface area contributed by atoms with E-state index in [1.165, 1.54) is 6.92 Å². The van der Waals surface area contributed by atoms with E-state index in [-0.39, 0.29) is 12.8 Å². The van der Waals surface area contributed by atoms with E-state index in [1.807, 2.05) is 0 Å². The number of carboxylic acid groups (broad SMARTS) is 2. The molecule has 21 heavy (non-hydrogen) atoms. The molecule has 0 aromatic rings. The molecule has 120 valence electrons. The number of nitrogens with zero attached hydrogens (tertiary/aromatic N) is 1. The van der Waals surface area contributed by atoms with Crippen LogP contribution in [0.4, 0.5) is 13.2 Å². The summed E-state index contributed by atoms with van der Waals surface area (Å²) in [6, 6.07) is -1.89. The molecular weight excluding hydrogens is 301 g/mol. The van der Waals surface area contributed by atoms with Crippen LogP contribution in [0.5, 0.6) is 0 Å². The number of imide groups is 1. The smallest absolute Gasteiger partial charge is 0.480 e. The van der Waals surface area contributed by atoms with Gasteiger partial charge in [-0.25, -0.2) is 9.59 Å². The van der Waals surface area contributed by atoms with Crippen LogP contribution in [0.3, 0.4) is 0 Å². The molecule has 0 spiro atoms. The van der Waals surface area contributed by atoms with E-state index in [1.54, 1.807) is 0 Å². The molecule has 2 atom stereocenters. The predicted molar refractivity (Wildman–Crippen MR) is 59.9 cm³/mol. The minimum atomic E-state index is -5.08. The van der Waals surface area contributed by atoms with Gasteiger partial charge in [0.15, 0.2) is 0 Å². The van der Waals surface area contributed by atoms with E-state index in [4.69, 9.17) is 20.7 Å². The van der Waals surface area contributed by atoms with Crippen molar-refractivity contribution in [1.82, 2.24) is 4.90 Å². The van der Waals surface area contributed by atoms with Crippen molar-refractivity contribution < 1.29 is 42.6 Å². The predicted octanol–water partition coefficient (Wildman–Crippen LogP) is -0.431. The number of amides is 2. The molecule has 11 heteroatoms. The van der Waals surface area contributed by atoms with Gasteiger partial charge in [-0.2, -0.15) is 13.2 Å². The van der Waals surface area contributed by atoms with Crippen LogP contribution < -0.4 is 5.73 Å². The SMILES string of the molecule is C[C@H](N)C(=O)N1C(=O)CC[C@H]1C(=O)O.O=C(O)C(F)(F)F. The normalized spacial score (nSPS) is 19.6. The maximum atomic E-state index is 11.4. The average molecular weight is 314 g/mol. The summed E-state index contributed by atoms with van der Waals surface area (Å²) in [6.45, 7) is 1.42. The average Bonchev–Trinajstić information content (AvgIpc) is 2.69. The number of hydrogen-bond donors (Lipinski definition) is 3. The number of carboxylic acids is 2. The molecule has 0 radical (unpaired) electrons. The molecule has 1 heterocycles. The van der Waals surface area contributed by atoms with Crippen molar-refractivity contribution >= 4 is 23.8 Å². The summed E-state index contributed by atoms with van der Waals surface area (Å²) in [6.07, 6.45) is -4.82. The zero-order chi connectivity index (χ0) is 17.0. The second-order valence-electron chi connectivity index (χ2n) is 4.09. The lowest BCUT2D eigenvalue weighted by molar-refractivity contribution is -0.192. The highest BCUT2D eigenvalue weighted by molar-refractivity contribution is 6.03. The van der Waals surface area contributed by atoms with Crippen LogP contribution in [0.15, 0.2) is 0 Å². The van der Waals surface area contributed by atoms with Crippen molar-refractivity contribution in [3.63, 3.8) is 0 Å². The van der Waals surface area contributed by atoms with Gasteiger partial charge in [-0.05, 0) is 13.3 Å². The Kier molecular flexibility index (Phi) is 6.29. The van der Waals surface area contributed by atoms with Gasteiger partial charge in [-0.3, -0.25) is 14.5 Å². The van der Waals surface area contributed by atoms with Crippen LogP contribution in [0, 0.1) is 0 Å². The highest BCUT2D eigenvalue weighted by atomic mass is 19.4. The van der Waals surface area contributed by atoms with E-state index in [0.29, 0.717) is 0 Å². The largest absolute Gasteiger partial charge is 0.490 e. The summed E-state index contributed by atoms with van der Waals surface area (Å²) in [4.78, 5) is 43.0. The lowest BCUT2D eigenvalue weighted by Gasteiger charge is -2.21. The van der Waals surface area contributed by atoms with Crippen molar-refractivity contribution in [1.29, 1.82) is 0 Å². The molecule has 0 aromatic carbocycles. The summed E-state index contributed by atoms with van der Waals surface area (Å²) in [5.41, 5.74) is 5.30. The number of rotatable bonds is 2. The molecule has 4 N–H and O–H groups in total. The fourth-order valence-electron chi connectivity index (χ4n) is 1.41. The monoisotopic (exact) mass is 314 g/mol. The molecular formula is C10H13F3N2O6. The first kappa shape index (κ1) is 18.8. The standard InChI is InChI=1S/C8H12N2O4.C2HF3O2/c1-4(9)7(12)10-5(8(13)14)2-3-6(10)11;3-2(4,5)1(6)7/h4-5H,2-3,9H2,1H3,(H,13,14);(H,6,7)/t4-,5-;/m0./s1. The molecule has 0 saturated carbocycles. The molecule has 1 fully saturated rings. The zero-order valence-corrected chi connectivity index (χ0v) is 10.8. The molecule has 0 unspecified atom stereocenters. The summed E-state index contributed by atoms with van der Waals surface area (Å²) in [5, 5.41) is 15.9. The zero-order valence-electron chi connectivity index (χ0n) is 10.8. The summed E-state index contributed by atoms with van der Waals surface area (Å²) < 4.78 is 31.7. The topological polar surface area (TPSA) is 138 Å². The number of alkyl halides is 3. The third-order valence-corrected chi connectivity index (χ3v) is 2.37. The third kappa shape index (κ3) is 5.38. The van der Waals surface area contributed by atoms with Gasteiger partial charge in [0.05, 0.1) is 6.04 Å². The number of aliphatic carboxylic acids is 2. The van der Waals surface area contributed by atoms with Gasteiger partial charge in [0.1, 0.15) is 6.04 Å². The summed E-state index contributed by atoms with van der Waals surface area (Å²) in [7, 11) is 0. The Morgan fingerprint density at radius 1 is 1.33 bits per heavy atom. The van der Waals surface area contributed by atoms with Gasteiger partial charge >= 0.3 is 18.1 Å². The first-order chi connectivity index (χ1) is 9.39. The Morgan fingerprint density at radius 3 is 2.05 bits per heavy atom. The Balaban J connectivity index is 0.000000486. The van der Waals surface area contributed by atoms with E-state index in [0.717, 1.165) is 4.90 Å². The lowest BCUT2D eigenvalue weighted by atomic mass is 10.2. The summed E-state index contributed by atoms with van der Waals surface area (Å²) >= 11 is 0. The van der Waals surface area contributed by atoms with E-state index >= 15 is 0 Å². The molecule has 0 bridgehead atoms. The van der Waals surface area contributed by atoms with Crippen molar-refractivity contribution in [3.8, 4) is 0 Å². The Labute approximate surface area is 116 Å². The molecule has 1 saturated heterocycles. The Hall–Kier alpha value is -2.17. The van der Waals surface area contributed by atoms with Crippen molar-refractivity contribution in [3.05, 3.63) is 0 Å². The van der Waals surface area contributed by atoms with Crippen LogP contribution in [-0.2, 0) is 19.2 Å². The quantitative estimate of drug-likeness (QED) is 0.628. The van der Waals surface area contributed by atoms with Crippen LogP contribution in [0.25, 0.3) is 0 Å². The molecule has 0 aliphatic carbocycles. The Bertz CT molecular complexity index is 449. The van der Waals surface area contributed by atoms with Gasteiger partial charge in [0.2, 0.25) is 11.8 Å². The number of halogens is 3. The second kappa shape index (κ2) is 7.02. The van der Waals surface area contributed by atoms with E-state index < -0.39 is 42.0 Å². The summed E-state index contributed by atoms with van der Waals surface area (Å²) in [5.74, 6) is -5.00. The highest BCUT2D eigenvalue weighted by Gasteiger charge is 2.41. The van der Waals surface area contributed by atoms with Gasteiger partial charge in [0, 0.05) is 6.42 Å². The number of carbonyl (C=O) groups is 4. The number of hydrogen-bond acceptors (Lipinski definition) is 5. The molecule has 1 aliphatic heterocycles. The Morgan fingerprint density at radius 2 is 1.76 bits per heavy atom. The van der Waals surface area contributed by atoms with Crippen LogP contribution in [-0.4, -0.2) is 57.1 Å². The highest BCUT2D eigenvalue weighted by Crippen LogP contribution is 2.19. The van der Waals surface area contributed by atoms with Crippen LogP contribution in [0.2, 0.25) is 0 Å². The van der Waals surface area contributed by atoms with Gasteiger partial charge in [-0.1, -0.05) is 0 Å². The molecule has 8 nitrogen and oxygen atoms in total. The van der Waals surface area contributed by atoms with Crippen molar-refractivity contribution in [2.75, 3.05) is 0 Å². The maximum Gasteiger partial charge on any atom is 0.490 e. The molecule has 1 rings (SSSR count). The fraction of sp³-hybridized carbons (Fsp3) is 0.600. The first-order valence-electron chi connectivity index (χ1n) is 5.54. The molecule has 1 aliphatic rings. The van der Waals surface area contributed by atoms with Gasteiger partial charge < -0.3 is 15.9 Å². The lowest BCUT2D eigenvalue weighted by Crippen LogP contribution is -2.49. The van der Waals surface area contributed by atoms with Gasteiger partial charge in [0.25, 0.3) is 0 Å². The number of nitrogens with two attached hydrogens (primary N) is 1. The minimum absolute atomic E-state index is 0.0927. The number of carbonyl (C=O) groups excluding carboxylic acids is 2. The fourth-order valence-corrected chi connectivity index (χ4v) is 1.41. The first-order valence-corrected chi connectivity index (χ1v) is 5.54. The minimum Gasteiger partial charge on any atom is -0.480 e. The van der Waals surface area contributed by atoms with Crippen molar-refractivity contribution in [2.24, 2.45) is 5.73 Å². The van der Waals surface area contributed by atoms with Crippen LogP contribution in [0.1, 0.15) is 19.8 Å². The van der Waals surface area contributed by atoms with Crippen molar-refractivity contribution in [2.45, 2.75) is 38.0 Å². The van der Waals surface area contributed by atoms with Gasteiger partial charge in [-0.15, -0.1) is 0 Å². The van der Waals surface area contributed by atoms with E-state index in [2.05, 4.69) is 0 Å². The number of likely N-dealkylation sites (tertiary alicyclic amines) is 1. The van der Waals surface area contributed by atoms with E-state index in [9.17, 15) is 27.6 Å². The molecule has 2 amide bonds. The van der Waals surface area contributed by atoms with Crippen LogP contribution >= 0.6 is 0 Å². The second-order valence-corrected chi connectivity index (χ2v) is 4.09. The molecule has 0 aromatic heterocycles. The maximum absolute atomic E-state index is 11.4.